The molecule has 0 atom stereocenters. The maximum absolute atomic E-state index is 8.33. The summed E-state index contributed by atoms with van der Waals surface area (Å²) in [6.07, 6.45) is 26.5. The molecular weight excluding hydrogens is 472 g/mol. The van der Waals surface area contributed by atoms with Crippen molar-refractivity contribution in [3.63, 3.8) is 0 Å². The lowest BCUT2D eigenvalue weighted by molar-refractivity contribution is -0.888. The monoisotopic (exact) mass is 545 g/mol. The molecule has 0 saturated heterocycles. The molecule has 0 aliphatic heterocycles. The molecule has 5 nitrogen and oxygen atoms in total. The fourth-order valence-corrected chi connectivity index (χ4v) is 4.37. The second-order valence-electron chi connectivity index (χ2n) is 12.6. The number of nitrogens with zero attached hydrogens (tertiary/aromatic N) is 2. The second kappa shape index (κ2) is 30.7. The van der Waals surface area contributed by atoms with Crippen LogP contribution in [0.5, 0.6) is 0 Å². The first-order chi connectivity index (χ1) is 18.0. The molecule has 0 spiro atoms. The topological polar surface area (TPSA) is 63.2 Å². The minimum Gasteiger partial charge on any atom is -0.652 e. The predicted octanol–water partition coefficient (Wildman–Crippen LogP) is 7.56. The molecule has 0 aliphatic rings. The van der Waals surface area contributed by atoms with Crippen LogP contribution in [0.1, 0.15) is 156 Å². The molecule has 0 N–H and O–H groups in total. The van der Waals surface area contributed by atoms with Crippen molar-refractivity contribution in [3.05, 3.63) is 0 Å². The fraction of sp³-hybridized carbons (Fsp3) is 0.970. The number of hydrogen-bond acceptors (Lipinski definition) is 3. The van der Waals surface area contributed by atoms with Gasteiger partial charge in [-0.15, -0.1) is 0 Å². The number of carbonyl (C=O) groups excluding carboxylic acids is 1. The summed E-state index contributed by atoms with van der Waals surface area (Å²) in [7, 11) is 9.36. The quantitative estimate of drug-likeness (QED) is 0.0930. The van der Waals surface area contributed by atoms with Crippen molar-refractivity contribution >= 4 is 6.16 Å². The van der Waals surface area contributed by atoms with Gasteiger partial charge >= 0.3 is 0 Å². The number of unbranched alkanes of at least 4 members (excludes halogenated alkanes) is 18. The van der Waals surface area contributed by atoms with E-state index in [1.807, 2.05) is 0 Å². The maximum Gasteiger partial charge on any atom is 0.0782 e. The normalized spacial score (nSPS) is 11.4. The second-order valence-corrected chi connectivity index (χ2v) is 12.6. The standard InChI is InChI=1S/2C16H36N.CH2O3/c2*1-5-7-8-9-10-11-12-13-14-15-16-17(3,4)6-2;2-1(3)4/h2*5-16H2,1-4H3;(H2,2,3,4)/q2*+1;/p-2. The van der Waals surface area contributed by atoms with Gasteiger partial charge in [0.25, 0.3) is 0 Å². The summed E-state index contributed by atoms with van der Waals surface area (Å²) >= 11 is 0. The molecule has 0 saturated carbocycles. The average molecular weight is 545 g/mol. The van der Waals surface area contributed by atoms with Crippen LogP contribution >= 0.6 is 0 Å². The fourth-order valence-electron chi connectivity index (χ4n) is 4.37. The summed E-state index contributed by atoms with van der Waals surface area (Å²) < 4.78 is 2.38. The van der Waals surface area contributed by atoms with Gasteiger partial charge in [0.1, 0.15) is 0 Å². The van der Waals surface area contributed by atoms with E-state index in [4.69, 9.17) is 15.0 Å². The molecule has 0 radical (unpaired) electrons. The van der Waals surface area contributed by atoms with Crippen LogP contribution in [-0.4, -0.2) is 69.5 Å². The van der Waals surface area contributed by atoms with Crippen molar-refractivity contribution in [2.75, 3.05) is 54.4 Å². The SMILES string of the molecule is CCCCCCCCCCCC[N+](C)(C)CC.CCCCCCCCCCCC[N+](C)(C)CC.O=C([O-])[O-]. The van der Waals surface area contributed by atoms with E-state index < -0.39 is 6.16 Å². The number of rotatable bonds is 24. The smallest absolute Gasteiger partial charge is 0.0782 e. The number of carboxylic acid groups (broad SMARTS) is 2. The van der Waals surface area contributed by atoms with Crippen LogP contribution < -0.4 is 10.2 Å². The van der Waals surface area contributed by atoms with E-state index in [0.717, 1.165) is 0 Å². The highest BCUT2D eigenvalue weighted by atomic mass is 16.6. The highest BCUT2D eigenvalue weighted by Gasteiger charge is 2.10. The van der Waals surface area contributed by atoms with Crippen LogP contribution in [0.2, 0.25) is 0 Å². The van der Waals surface area contributed by atoms with Crippen LogP contribution in [0.15, 0.2) is 0 Å². The molecule has 38 heavy (non-hydrogen) atoms. The third-order valence-electron chi connectivity index (χ3n) is 7.95. The third kappa shape index (κ3) is 42.3. The minimum absolute atomic E-state index is 1.19. The summed E-state index contributed by atoms with van der Waals surface area (Å²) in [5.41, 5.74) is 0. The zero-order chi connectivity index (χ0) is 29.5. The van der Waals surface area contributed by atoms with Gasteiger partial charge in [0, 0.05) is 0 Å². The average Bonchev–Trinajstić information content (AvgIpc) is 2.86. The molecule has 0 aliphatic carbocycles. The van der Waals surface area contributed by atoms with Crippen LogP contribution in [0.25, 0.3) is 0 Å². The number of quaternary nitrogens is 2. The van der Waals surface area contributed by atoms with Crippen molar-refractivity contribution in [1.82, 2.24) is 0 Å². The Morgan fingerprint density at radius 2 is 0.605 bits per heavy atom. The minimum atomic E-state index is -2.33. The van der Waals surface area contributed by atoms with Crippen LogP contribution in [0.3, 0.4) is 0 Å². The number of hydrogen-bond donors (Lipinski definition) is 0. The third-order valence-corrected chi connectivity index (χ3v) is 7.95. The van der Waals surface area contributed by atoms with Gasteiger partial charge in [0.15, 0.2) is 0 Å². The molecule has 0 aromatic rings. The molecule has 5 heteroatoms. The Balaban J connectivity index is -0.000000564. The lowest BCUT2D eigenvalue weighted by Crippen LogP contribution is -2.39. The van der Waals surface area contributed by atoms with Gasteiger partial charge in [0.05, 0.1) is 54.4 Å². The van der Waals surface area contributed by atoms with Crippen molar-refractivity contribution in [1.29, 1.82) is 0 Å². The van der Waals surface area contributed by atoms with Crippen molar-refractivity contribution in [2.45, 2.75) is 156 Å². The van der Waals surface area contributed by atoms with E-state index in [2.05, 4.69) is 55.9 Å². The Kier molecular flexibility index (Phi) is 33.7. The summed E-state index contributed by atoms with van der Waals surface area (Å²) in [6.45, 7) is 14.4. The highest BCUT2D eigenvalue weighted by molar-refractivity contribution is 5.47. The van der Waals surface area contributed by atoms with E-state index in [0.29, 0.717) is 0 Å². The molecule has 0 unspecified atom stereocenters. The number of carbonyl (C=O) groups is 1. The van der Waals surface area contributed by atoms with Gasteiger partial charge in [-0.3, -0.25) is 0 Å². The zero-order valence-electron chi connectivity index (χ0n) is 27.6. The van der Waals surface area contributed by atoms with Gasteiger partial charge in [0.2, 0.25) is 0 Å². The van der Waals surface area contributed by atoms with E-state index >= 15 is 0 Å². The summed E-state index contributed by atoms with van der Waals surface area (Å²) in [6, 6.07) is 0. The molecule has 0 amide bonds. The predicted molar refractivity (Wildman–Crippen MR) is 164 cm³/mol. The lowest BCUT2D eigenvalue weighted by Gasteiger charge is -2.28. The van der Waals surface area contributed by atoms with Gasteiger partial charge in [-0.2, -0.15) is 0 Å². The Bertz CT molecular complexity index is 427. The molecule has 0 aromatic carbocycles. The molecule has 232 valence electrons. The van der Waals surface area contributed by atoms with Crippen molar-refractivity contribution in [2.24, 2.45) is 0 Å². The molecule has 0 rings (SSSR count). The summed E-state index contributed by atoms with van der Waals surface area (Å²) in [5.74, 6) is 0. The largest absolute Gasteiger partial charge is 0.652 e. The van der Waals surface area contributed by atoms with Crippen molar-refractivity contribution in [3.8, 4) is 0 Å². The van der Waals surface area contributed by atoms with E-state index in [9.17, 15) is 0 Å². The molecule has 0 bridgehead atoms. The van der Waals surface area contributed by atoms with E-state index in [1.165, 1.54) is 164 Å². The molecular formula is C33H72N2O3. The Morgan fingerprint density at radius 3 is 0.789 bits per heavy atom. The maximum atomic E-state index is 8.33. The first-order valence-electron chi connectivity index (χ1n) is 16.5. The van der Waals surface area contributed by atoms with Crippen LogP contribution in [-0.2, 0) is 0 Å². The van der Waals surface area contributed by atoms with Gasteiger partial charge in [-0.05, 0) is 45.7 Å². The van der Waals surface area contributed by atoms with E-state index in [-0.39, 0.29) is 0 Å². The van der Waals surface area contributed by atoms with E-state index in [1.54, 1.807) is 0 Å². The Morgan fingerprint density at radius 1 is 0.421 bits per heavy atom. The molecule has 0 fully saturated rings. The molecule has 0 heterocycles. The Hall–Kier alpha value is -0.810. The lowest BCUT2D eigenvalue weighted by atomic mass is 10.1. The summed E-state index contributed by atoms with van der Waals surface area (Å²) in [5, 5.41) is 16.7. The van der Waals surface area contributed by atoms with Crippen LogP contribution in [0, 0.1) is 0 Å². The zero-order valence-corrected chi connectivity index (χ0v) is 27.6. The first-order valence-corrected chi connectivity index (χ1v) is 16.5. The van der Waals surface area contributed by atoms with Crippen LogP contribution in [0.4, 0.5) is 4.79 Å². The van der Waals surface area contributed by atoms with Crippen molar-refractivity contribution < 1.29 is 24.0 Å². The first kappa shape index (κ1) is 41.7. The molecule has 0 aromatic heterocycles. The summed E-state index contributed by atoms with van der Waals surface area (Å²) in [4.78, 5) is 8.33. The van der Waals surface area contributed by atoms with Gasteiger partial charge in [-0.25, -0.2) is 0 Å². The highest BCUT2D eigenvalue weighted by Crippen LogP contribution is 2.12. The van der Waals surface area contributed by atoms with Gasteiger partial charge < -0.3 is 24.0 Å². The Labute approximate surface area is 240 Å². The van der Waals surface area contributed by atoms with Gasteiger partial charge in [-0.1, -0.05) is 117 Å².